The molecule has 3 aromatic carbocycles. The molecule has 4 aromatic rings. The van der Waals surface area contributed by atoms with Crippen molar-refractivity contribution in [2.75, 3.05) is 6.61 Å². The lowest BCUT2D eigenvalue weighted by Crippen LogP contribution is -2.68. The van der Waals surface area contributed by atoms with Crippen molar-refractivity contribution in [3.8, 4) is 28.4 Å². The number of fused-ring (bicyclic) bond motifs is 3. The lowest BCUT2D eigenvalue weighted by atomic mass is 10.0. The predicted molar refractivity (Wildman–Crippen MR) is 111 cm³/mol. The fourth-order valence-electron chi connectivity index (χ4n) is 4.10. The minimum atomic E-state index is -4.94. The van der Waals surface area contributed by atoms with Crippen molar-refractivity contribution in [3.05, 3.63) is 96.4 Å². The molecule has 0 atom stereocenters. The van der Waals surface area contributed by atoms with E-state index in [-0.39, 0.29) is 0 Å². The maximum Gasteiger partial charge on any atom is 0.267 e. The average Bonchev–Trinajstić information content (AvgIpc) is 3.19. The van der Waals surface area contributed by atoms with Crippen LogP contribution < -0.4 is 27.9 Å². The van der Waals surface area contributed by atoms with Gasteiger partial charge in [-0.15, -0.1) is 10.2 Å². The summed E-state index contributed by atoms with van der Waals surface area (Å²) >= 11 is 0. The van der Waals surface area contributed by atoms with Gasteiger partial charge in [-0.2, -0.15) is 9.13 Å². The molecule has 0 amide bonds. The summed E-state index contributed by atoms with van der Waals surface area (Å²) in [7, 11) is -4.94. The summed E-state index contributed by atoms with van der Waals surface area (Å²) in [5.74, 6) is 2.22. The summed E-state index contributed by atoms with van der Waals surface area (Å²) in [6, 6.07) is 27.8. The number of benzene rings is 3. The van der Waals surface area contributed by atoms with Gasteiger partial charge in [-0.3, -0.25) is 0 Å². The topological polar surface area (TPSA) is 110 Å². The van der Waals surface area contributed by atoms with E-state index in [9.17, 15) is 0 Å². The molecule has 0 N–H and O–H groups in total. The first kappa shape index (κ1) is 23.0. The van der Waals surface area contributed by atoms with E-state index < -0.39 is 10.2 Å². The van der Waals surface area contributed by atoms with Gasteiger partial charge in [0.25, 0.3) is 5.82 Å². The van der Waals surface area contributed by atoms with E-state index >= 15 is 0 Å². The number of halogens is 1. The van der Waals surface area contributed by atoms with Crippen molar-refractivity contribution in [2.24, 2.45) is 0 Å². The second kappa shape index (κ2) is 9.74. The molecule has 0 aliphatic carbocycles. The third kappa shape index (κ3) is 5.42. The van der Waals surface area contributed by atoms with Gasteiger partial charge in [0.05, 0.1) is 13.0 Å². The first-order chi connectivity index (χ1) is 15.8. The van der Waals surface area contributed by atoms with Crippen molar-refractivity contribution in [3.63, 3.8) is 0 Å². The number of para-hydroxylation sites is 2. The van der Waals surface area contributed by atoms with Crippen LogP contribution in [0.4, 0.5) is 0 Å². The average molecular weight is 467 g/mol. The molecule has 2 heterocycles. The zero-order valence-corrected chi connectivity index (χ0v) is 18.8. The van der Waals surface area contributed by atoms with Crippen LogP contribution in [0, 0.1) is 10.2 Å². The summed E-state index contributed by atoms with van der Waals surface area (Å²) < 4.78 is 44.4. The van der Waals surface area contributed by atoms with Crippen LogP contribution in [-0.2, 0) is 12.8 Å². The minimum absolute atomic E-state index is 0.681. The Hall–Kier alpha value is -3.20. The minimum Gasteiger partial charge on any atom is -0.494 e. The molecule has 0 saturated heterocycles. The van der Waals surface area contributed by atoms with Crippen LogP contribution in [0.3, 0.4) is 0 Å². The van der Waals surface area contributed by atoms with Gasteiger partial charge in [-0.25, -0.2) is 18.6 Å². The van der Waals surface area contributed by atoms with Gasteiger partial charge < -0.3 is 4.74 Å². The highest BCUT2D eigenvalue weighted by Crippen LogP contribution is 2.29. The summed E-state index contributed by atoms with van der Waals surface area (Å²) in [5.41, 5.74) is 6.27. The van der Waals surface area contributed by atoms with Gasteiger partial charge in [0.1, 0.15) is 23.3 Å². The van der Waals surface area contributed by atoms with Crippen LogP contribution in [0.15, 0.2) is 85.1 Å². The summed E-state index contributed by atoms with van der Waals surface area (Å²) in [6.45, 7) is 2.69. The third-order valence-electron chi connectivity index (χ3n) is 5.37. The molecule has 0 saturated carbocycles. The maximum atomic E-state index is 8.49. The third-order valence-corrected chi connectivity index (χ3v) is 5.37. The van der Waals surface area contributed by atoms with Crippen molar-refractivity contribution in [1.29, 1.82) is 0 Å². The summed E-state index contributed by atoms with van der Waals surface area (Å²) in [4.78, 5) is 0. The number of nitrogens with zero attached hydrogens (tertiary/aromatic N) is 2. The number of imidazole rings is 1. The van der Waals surface area contributed by atoms with Gasteiger partial charge in [-0.05, 0) is 61.4 Å². The van der Waals surface area contributed by atoms with Crippen LogP contribution in [-0.4, -0.2) is 11.2 Å². The predicted octanol–water partition coefficient (Wildman–Crippen LogP) is 0.162. The highest BCUT2D eigenvalue weighted by Gasteiger charge is 2.31. The lowest BCUT2D eigenvalue weighted by molar-refractivity contribution is -2.00. The number of aromatic nitrogens is 2. The Morgan fingerprint density at radius 1 is 0.848 bits per heavy atom. The number of rotatable bonds is 4. The van der Waals surface area contributed by atoms with Crippen molar-refractivity contribution in [1.82, 2.24) is 4.57 Å². The highest BCUT2D eigenvalue weighted by molar-refractivity contribution is 5.63. The molecule has 0 fully saturated rings. The molecule has 7 nitrogen and oxygen atoms in total. The highest BCUT2D eigenvalue weighted by atomic mass is 35.7. The molecule has 0 unspecified atom stereocenters. The molecular weight excluding hydrogens is 444 g/mol. The molecule has 8 heteroatoms. The van der Waals surface area contributed by atoms with Gasteiger partial charge in [-0.1, -0.05) is 36.4 Å². The van der Waals surface area contributed by atoms with Gasteiger partial charge in [0.15, 0.2) is 5.69 Å². The van der Waals surface area contributed by atoms with Crippen molar-refractivity contribution < 1.29 is 38.2 Å². The fraction of sp³-hybridized carbons (Fsp3) is 0.160. The van der Waals surface area contributed by atoms with E-state index in [4.69, 9.17) is 23.4 Å². The molecule has 0 spiro atoms. The van der Waals surface area contributed by atoms with E-state index in [1.165, 1.54) is 34.0 Å². The Morgan fingerprint density at radius 2 is 1.48 bits per heavy atom. The first-order valence-electron chi connectivity index (χ1n) is 10.5. The molecule has 33 heavy (non-hydrogen) atoms. The number of ether oxygens (including phenoxy) is 1. The number of aryl methyl sites for hydroxylation is 1. The van der Waals surface area contributed by atoms with E-state index in [2.05, 4.69) is 94.2 Å². The molecule has 170 valence electrons. The SMILES string of the molecule is CCOc1ccc(-c2c[n+]3c(n2-c2ccccc2)CCc2ccccc2-3)cc1.[O-][Cl+3]([O-])([O-])[O-]. The second-order valence-electron chi connectivity index (χ2n) is 7.44. The fourth-order valence-corrected chi connectivity index (χ4v) is 4.10. The largest absolute Gasteiger partial charge is 0.494 e. The normalized spacial score (nSPS) is 12.3. The number of hydrogen-bond donors (Lipinski definition) is 0. The Morgan fingerprint density at radius 3 is 2.15 bits per heavy atom. The van der Waals surface area contributed by atoms with Crippen LogP contribution >= 0.6 is 0 Å². The van der Waals surface area contributed by atoms with Crippen LogP contribution in [0.1, 0.15) is 18.3 Å². The molecule has 0 radical (unpaired) electrons. The molecule has 5 rings (SSSR count). The lowest BCUT2D eigenvalue weighted by Gasteiger charge is -2.17. The molecule has 1 aliphatic heterocycles. The van der Waals surface area contributed by atoms with Crippen molar-refractivity contribution >= 4 is 0 Å². The smallest absolute Gasteiger partial charge is 0.267 e. The first-order valence-corrected chi connectivity index (χ1v) is 11.7. The number of hydrogen-bond acceptors (Lipinski definition) is 5. The molecular formula is C25H23ClN2O5. The van der Waals surface area contributed by atoms with E-state index in [0.717, 1.165) is 18.6 Å². The molecule has 0 bridgehead atoms. The van der Waals surface area contributed by atoms with Crippen LogP contribution in [0.5, 0.6) is 5.75 Å². The Balaban J connectivity index is 0.000000471. The van der Waals surface area contributed by atoms with E-state index in [0.29, 0.717) is 6.61 Å². The van der Waals surface area contributed by atoms with E-state index in [1.807, 2.05) is 6.92 Å². The van der Waals surface area contributed by atoms with Crippen LogP contribution in [0.25, 0.3) is 22.6 Å². The Kier molecular flexibility index (Phi) is 6.78. The second-order valence-corrected chi connectivity index (χ2v) is 8.19. The Labute approximate surface area is 194 Å². The zero-order valence-electron chi connectivity index (χ0n) is 18.0. The zero-order chi connectivity index (χ0) is 23.4. The summed E-state index contributed by atoms with van der Waals surface area (Å²) in [5, 5.41) is 0. The molecule has 1 aliphatic rings. The Bertz CT molecular complexity index is 1210. The molecule has 1 aromatic heterocycles. The van der Waals surface area contributed by atoms with Gasteiger partial charge in [0, 0.05) is 5.56 Å². The van der Waals surface area contributed by atoms with Gasteiger partial charge >= 0.3 is 0 Å². The van der Waals surface area contributed by atoms with Crippen molar-refractivity contribution in [2.45, 2.75) is 19.8 Å². The maximum absolute atomic E-state index is 8.49. The quantitative estimate of drug-likeness (QED) is 0.398. The summed E-state index contributed by atoms with van der Waals surface area (Å²) in [6.07, 6.45) is 4.36. The monoisotopic (exact) mass is 466 g/mol. The standard InChI is InChI=1S/C25H23N2O.ClHO4/c1-2-28-22-15-12-20(13-16-22)24-18-26-23-11-7-6-8-19(23)14-17-25(26)27(24)21-9-4-3-5-10-21;2-1(3,4)5/h3-13,15-16,18H,2,14,17H2,1H3;(H,2,3,4,5)/q+1;/p-1. The van der Waals surface area contributed by atoms with E-state index in [1.54, 1.807) is 0 Å². The van der Waals surface area contributed by atoms with Crippen LogP contribution in [0.2, 0.25) is 0 Å². The van der Waals surface area contributed by atoms with Gasteiger partial charge in [0.2, 0.25) is 0 Å².